The fourth-order valence-electron chi connectivity index (χ4n) is 16.3. The van der Waals surface area contributed by atoms with Crippen LogP contribution in [0.3, 0.4) is 0 Å². The van der Waals surface area contributed by atoms with Gasteiger partial charge in [0.05, 0.1) is 0 Å². The Morgan fingerprint density at radius 2 is 0.650 bits per heavy atom. The van der Waals surface area contributed by atoms with Crippen LogP contribution in [0, 0.1) is 20.8 Å². The fraction of sp³-hybridized carbons (Fsp3) is 0.432. The average Bonchev–Trinajstić information content (AvgIpc) is 0.720. The van der Waals surface area contributed by atoms with Crippen LogP contribution in [0.15, 0.2) is 155 Å². The van der Waals surface area contributed by atoms with E-state index in [4.69, 9.17) is 13.3 Å². The molecule has 14 rings (SSSR count). The lowest BCUT2D eigenvalue weighted by Gasteiger charge is -2.43. The number of carbonyl (C=O) groups excluding carboxylic acids is 2. The lowest BCUT2D eigenvalue weighted by atomic mass is 10.0. The number of halogens is 2. The summed E-state index contributed by atoms with van der Waals surface area (Å²) in [6, 6.07) is 58.0. The predicted octanol–water partition coefficient (Wildman–Crippen LogP) is 21.6. The molecule has 3 fully saturated rings. The molecule has 0 saturated carbocycles. The summed E-state index contributed by atoms with van der Waals surface area (Å²) in [5.74, 6) is 3.74. The highest BCUT2D eigenvalue weighted by atomic mass is 79.9. The van der Waals surface area contributed by atoms with E-state index in [0.29, 0.717) is 0 Å². The Morgan fingerprint density at radius 1 is 0.359 bits per heavy atom. The Bertz CT molecular complexity index is 4440. The lowest BCUT2D eigenvalue weighted by molar-refractivity contribution is 0.103. The molecule has 8 aromatic rings. The van der Waals surface area contributed by atoms with Gasteiger partial charge in [-0.3, -0.25) is 9.59 Å². The quantitative estimate of drug-likeness (QED) is 0.146. The normalized spacial score (nSPS) is 17.1. The van der Waals surface area contributed by atoms with Gasteiger partial charge in [-0.15, -0.1) is 0 Å². The maximum Gasteiger partial charge on any atom is 0.250 e. The standard InChI is InChI=1S/C25H34O2Si2.C25H36OSi2.C20H26Br2OSi.C18H18O3Si/c1-18-10-12-20-22(16-18)29(14-8-7-9-15-29)23-17-19(11-13-21(23)24(20)26)27-28(5,6)25(2,3)4;1-19-10-11-20-17-21-12-13-22(26-27(5,6)25(2,3)4)18-24(21)28(23(20)16-19)14-8-7-9-15-28;1-14-7-8-15(18(21)11-14)12-16-9-10-17(13-19(16)22)23-24(5,6)20(2,3)4;19-12-4-6-14-16(10-12)22(8-2-1-3-9-22)17-11-13(20)5-7-15(17)18(14)21/h10-13,16-17H,7-9,14-15H2,1-6H3;10-13,16,18H,7-9,14-15,17H2,1-6H3;7-11,13H,12H2,1-6H3;4-7,10-11,19-20H,1-3,8-9H2. The number of ketones is 2. The molecule has 0 radical (unpaired) electrons. The zero-order valence-electron chi connectivity index (χ0n) is 65.1. The van der Waals surface area contributed by atoms with Crippen LogP contribution in [0.5, 0.6) is 28.7 Å². The third kappa shape index (κ3) is 16.2. The van der Waals surface area contributed by atoms with Gasteiger partial charge >= 0.3 is 0 Å². The zero-order chi connectivity index (χ0) is 74.6. The SMILES string of the molecule is Cc1ccc(Cc2ccc(O[Si](C)(C)C(C)(C)C)cc2Br)c(Br)c1.Cc1ccc2c(c1)[Si]1(CCCCC1)c1cc(O[Si](C)(C)C(C)(C)C)ccc1C2.Cc1ccc2c(c1)[Si]1(CCCCC1)c1cc(O[Si](C)(C)C(C)(C)C)ccc1C2=O.O=C1c2ccc(O)cc2[Si]2(CCCCC2)c2cc(O)ccc21. The Hall–Kier alpha value is -5.64. The lowest BCUT2D eigenvalue weighted by Crippen LogP contribution is -2.64. The van der Waals surface area contributed by atoms with Gasteiger partial charge in [0.15, 0.2) is 11.6 Å². The Balaban J connectivity index is 0.000000139. The van der Waals surface area contributed by atoms with E-state index >= 15 is 0 Å². The van der Waals surface area contributed by atoms with Crippen LogP contribution in [-0.2, 0) is 12.8 Å². The number of fused-ring (bicyclic) bond motifs is 12. The molecule has 0 amide bonds. The highest BCUT2D eigenvalue weighted by Crippen LogP contribution is 2.44. The molecular formula is C88H114Br2O7Si6. The largest absolute Gasteiger partial charge is 0.544 e. The van der Waals surface area contributed by atoms with Crippen molar-refractivity contribution in [3.05, 3.63) is 216 Å². The maximum absolute atomic E-state index is 13.4. The Labute approximate surface area is 640 Å². The molecule has 3 spiro atoms. The monoisotopic (exact) mass is 1610 g/mol. The smallest absolute Gasteiger partial charge is 0.250 e. The number of rotatable bonds is 8. The third-order valence-electron chi connectivity index (χ3n) is 25.2. The first-order valence-corrected chi connectivity index (χ1v) is 55.7. The molecule has 6 heterocycles. The summed E-state index contributed by atoms with van der Waals surface area (Å²) in [5.41, 5.74) is 13.1. The topological polar surface area (TPSA) is 102 Å². The number of benzene rings is 8. The molecule has 0 aliphatic carbocycles. The molecule has 2 N–H and O–H groups in total. The number of phenolic OH excluding ortho intramolecular Hbond substituents is 2. The molecule has 15 heteroatoms. The van der Waals surface area contributed by atoms with Crippen LogP contribution in [-0.4, -0.2) is 71.0 Å². The zero-order valence-corrected chi connectivity index (χ0v) is 74.2. The van der Waals surface area contributed by atoms with E-state index < -0.39 is 49.2 Å². The molecule has 3 saturated heterocycles. The van der Waals surface area contributed by atoms with E-state index in [1.807, 2.05) is 6.07 Å². The van der Waals surface area contributed by atoms with Crippen LogP contribution < -0.4 is 44.4 Å². The van der Waals surface area contributed by atoms with Crippen molar-refractivity contribution in [3.63, 3.8) is 0 Å². The van der Waals surface area contributed by atoms with E-state index in [9.17, 15) is 19.8 Å². The van der Waals surface area contributed by atoms with Crippen molar-refractivity contribution < 1.29 is 33.1 Å². The molecule has 0 bridgehead atoms. The van der Waals surface area contributed by atoms with Crippen molar-refractivity contribution in [1.82, 2.24) is 0 Å². The predicted molar refractivity (Wildman–Crippen MR) is 456 cm³/mol. The minimum atomic E-state index is -2.06. The molecule has 7 nitrogen and oxygen atoms in total. The molecule has 0 aromatic heterocycles. The summed E-state index contributed by atoms with van der Waals surface area (Å²) in [6.45, 7) is 41.0. The first-order chi connectivity index (χ1) is 48.3. The van der Waals surface area contributed by atoms with Gasteiger partial charge in [-0.05, 0) is 263 Å². The average molecular weight is 1610 g/mol. The van der Waals surface area contributed by atoms with E-state index in [1.54, 1.807) is 57.9 Å². The van der Waals surface area contributed by atoms with Gasteiger partial charge in [0.1, 0.15) is 53.0 Å². The molecule has 0 unspecified atom stereocenters. The summed E-state index contributed by atoms with van der Waals surface area (Å²) in [5, 5.41) is 28.8. The van der Waals surface area contributed by atoms with Crippen molar-refractivity contribution in [2.45, 2.75) is 244 Å². The van der Waals surface area contributed by atoms with E-state index in [2.05, 4.69) is 257 Å². The molecule has 6 aliphatic heterocycles. The van der Waals surface area contributed by atoms with Gasteiger partial charge in [-0.2, -0.15) is 0 Å². The van der Waals surface area contributed by atoms with Crippen LogP contribution in [0.2, 0.25) is 90.7 Å². The van der Waals surface area contributed by atoms with Crippen molar-refractivity contribution >= 4 is 124 Å². The van der Waals surface area contributed by atoms with Crippen LogP contribution in [0.25, 0.3) is 0 Å². The van der Waals surface area contributed by atoms with Gasteiger partial charge in [0, 0.05) is 31.2 Å². The van der Waals surface area contributed by atoms with Crippen LogP contribution >= 0.6 is 31.9 Å². The fourth-order valence-corrected chi connectivity index (χ4v) is 37.6. The second-order valence-corrected chi connectivity index (χ2v) is 64.2. The van der Waals surface area contributed by atoms with Crippen molar-refractivity contribution in [3.8, 4) is 28.7 Å². The van der Waals surface area contributed by atoms with Crippen LogP contribution in [0.1, 0.15) is 191 Å². The second-order valence-electron chi connectivity index (χ2n) is 35.6. The molecule has 546 valence electrons. The van der Waals surface area contributed by atoms with Gasteiger partial charge in [-0.25, -0.2) is 0 Å². The Kier molecular flexibility index (Phi) is 23.0. The number of hydrogen-bond donors (Lipinski definition) is 2. The van der Waals surface area contributed by atoms with Crippen LogP contribution in [0.4, 0.5) is 0 Å². The summed E-state index contributed by atoms with van der Waals surface area (Å²) in [4.78, 5) is 26.2. The summed E-state index contributed by atoms with van der Waals surface area (Å²) in [7, 11) is -11.2. The number of hydrogen-bond acceptors (Lipinski definition) is 7. The molecule has 6 aliphatic rings. The number of phenols is 2. The first kappa shape index (κ1) is 78.4. The van der Waals surface area contributed by atoms with Gasteiger partial charge in [0.2, 0.25) is 25.0 Å². The van der Waals surface area contributed by atoms with Crippen molar-refractivity contribution in [2.75, 3.05) is 0 Å². The van der Waals surface area contributed by atoms with Gasteiger partial charge in [-0.1, -0.05) is 229 Å². The maximum atomic E-state index is 13.4. The first-order valence-electron chi connectivity index (χ1n) is 38.1. The van der Waals surface area contributed by atoms with Crippen molar-refractivity contribution in [2.24, 2.45) is 0 Å². The van der Waals surface area contributed by atoms with Crippen molar-refractivity contribution in [1.29, 1.82) is 0 Å². The minimum absolute atomic E-state index is 0.0219. The molecule has 0 atom stereocenters. The summed E-state index contributed by atoms with van der Waals surface area (Å²) in [6.07, 6.45) is 13.6. The van der Waals surface area contributed by atoms with E-state index in [1.165, 1.54) is 107 Å². The number of carbonyl (C=O) groups is 2. The molecular weight excluding hydrogens is 1500 g/mol. The van der Waals surface area contributed by atoms with Gasteiger partial charge < -0.3 is 23.5 Å². The summed E-state index contributed by atoms with van der Waals surface area (Å²) < 4.78 is 22.1. The number of aryl methyl sites for hydroxylation is 3. The Morgan fingerprint density at radius 3 is 1.08 bits per heavy atom. The minimum Gasteiger partial charge on any atom is -0.544 e. The van der Waals surface area contributed by atoms with Gasteiger partial charge in [0.25, 0.3) is 0 Å². The highest BCUT2D eigenvalue weighted by molar-refractivity contribution is 9.10. The van der Waals surface area contributed by atoms with E-state index in [0.717, 1.165) is 96.6 Å². The highest BCUT2D eigenvalue weighted by Gasteiger charge is 2.50. The third-order valence-corrected chi connectivity index (χ3v) is 55.8. The molecule has 103 heavy (non-hydrogen) atoms. The second kappa shape index (κ2) is 30.2. The number of aromatic hydroxyl groups is 2. The van der Waals surface area contributed by atoms with E-state index in [-0.39, 0.29) is 38.2 Å². The summed E-state index contributed by atoms with van der Waals surface area (Å²) >= 11 is 7.39. The molecule has 8 aromatic carbocycles.